The number of carboxylic acids is 1. The predicted molar refractivity (Wildman–Crippen MR) is 164 cm³/mol. The summed E-state index contributed by atoms with van der Waals surface area (Å²) in [4.78, 5) is 24.0. The van der Waals surface area contributed by atoms with Crippen LogP contribution in [-0.4, -0.2) is 62.9 Å². The third-order valence-corrected chi connectivity index (χ3v) is 8.46. The Morgan fingerprint density at radius 3 is 2.64 bits per heavy atom. The van der Waals surface area contributed by atoms with Crippen LogP contribution in [0, 0.1) is 17.1 Å². The summed E-state index contributed by atoms with van der Waals surface area (Å²) in [6.07, 6.45) is 3.65. The second-order valence-electron chi connectivity index (χ2n) is 11.6. The number of likely N-dealkylation sites (tertiary alicyclic amines) is 1. The van der Waals surface area contributed by atoms with Crippen molar-refractivity contribution in [1.29, 1.82) is 5.26 Å². The molecule has 6 rings (SSSR count). The topological polar surface area (TPSA) is 123 Å². The lowest BCUT2D eigenvalue weighted by atomic mass is 9.93. The van der Waals surface area contributed by atoms with Crippen LogP contribution in [0.1, 0.15) is 71.5 Å². The molecule has 2 aromatic carbocycles. The number of fused-ring (bicyclic) bond motifs is 1. The van der Waals surface area contributed by atoms with Gasteiger partial charge in [-0.1, -0.05) is 19.1 Å². The van der Waals surface area contributed by atoms with Gasteiger partial charge < -0.3 is 23.9 Å². The average Bonchev–Trinajstić information content (AvgIpc) is 3.37. The quantitative estimate of drug-likeness (QED) is 0.215. The molecule has 0 bridgehead atoms. The number of hydrogen-bond acceptors (Lipinski definition) is 8. The fourth-order valence-corrected chi connectivity index (χ4v) is 5.85. The molecule has 2 fully saturated rings. The minimum atomic E-state index is -1.00. The molecule has 1 atom stereocenters. The molecule has 2 aromatic heterocycles. The van der Waals surface area contributed by atoms with E-state index in [0.717, 1.165) is 62.4 Å². The smallest absolute Gasteiger partial charge is 0.335 e. The molecular formula is C34H36FN5O5. The molecule has 2 saturated heterocycles. The molecule has 4 heterocycles. The number of piperidine rings is 1. The maximum Gasteiger partial charge on any atom is 0.335 e. The molecule has 2 aliphatic heterocycles. The van der Waals surface area contributed by atoms with Crippen LogP contribution in [0.2, 0.25) is 0 Å². The summed E-state index contributed by atoms with van der Waals surface area (Å²) in [5, 5.41) is 18.7. The lowest BCUT2D eigenvalue weighted by Gasteiger charge is -2.32. The number of halogens is 1. The Balaban J connectivity index is 1.14. The van der Waals surface area contributed by atoms with Gasteiger partial charge in [0.05, 0.1) is 48.5 Å². The number of rotatable bonds is 12. The largest absolute Gasteiger partial charge is 0.491 e. The standard InChI is InChI=1S/C34H36FN5O5/c1-2-13-44-30-17-25(34(41)42)16-29-33(30)38-31(40(29)19-26-10-14-43-26)20-39-11-8-23(9-12-39)28-4-3-5-32(37-28)45-21-24-7-6-22(18-36)15-27(24)35/h3-7,15-17,23,26H,2,8-14,19-21H2,1H3,(H,41,42). The first-order valence-corrected chi connectivity index (χ1v) is 15.4. The SMILES string of the molecule is CCCOc1cc(C(=O)O)cc2c1nc(CN1CCC(c3cccc(OCc4ccc(C#N)cc4F)n3)CC1)n2CC1CCO1. The Hall–Kier alpha value is -4.53. The molecule has 0 aliphatic carbocycles. The number of aromatic nitrogens is 3. The van der Waals surface area contributed by atoms with Gasteiger partial charge in [0.25, 0.3) is 0 Å². The van der Waals surface area contributed by atoms with Crippen molar-refractivity contribution < 1.29 is 28.5 Å². The predicted octanol–water partition coefficient (Wildman–Crippen LogP) is 5.68. The van der Waals surface area contributed by atoms with Crippen molar-refractivity contribution in [2.75, 3.05) is 26.3 Å². The van der Waals surface area contributed by atoms with E-state index >= 15 is 0 Å². The van der Waals surface area contributed by atoms with Crippen molar-refractivity contribution in [3.63, 3.8) is 0 Å². The number of aromatic carboxylic acids is 1. The molecule has 234 valence electrons. The second kappa shape index (κ2) is 13.6. The Morgan fingerprint density at radius 2 is 1.96 bits per heavy atom. The maximum absolute atomic E-state index is 14.3. The van der Waals surface area contributed by atoms with Crippen LogP contribution in [0.25, 0.3) is 11.0 Å². The van der Waals surface area contributed by atoms with Gasteiger partial charge in [-0.25, -0.2) is 19.2 Å². The molecule has 0 amide bonds. The Kier molecular flexibility index (Phi) is 9.23. The van der Waals surface area contributed by atoms with Gasteiger partial charge in [-0.15, -0.1) is 0 Å². The van der Waals surface area contributed by atoms with Crippen molar-refractivity contribution in [3.8, 4) is 17.7 Å². The van der Waals surface area contributed by atoms with Gasteiger partial charge in [-0.3, -0.25) is 4.90 Å². The maximum atomic E-state index is 14.3. The molecule has 10 nitrogen and oxygen atoms in total. The van der Waals surface area contributed by atoms with Gasteiger partial charge in [-0.05, 0) is 69.1 Å². The monoisotopic (exact) mass is 613 g/mol. The third-order valence-electron chi connectivity index (χ3n) is 8.46. The van der Waals surface area contributed by atoms with Crippen LogP contribution in [0.15, 0.2) is 48.5 Å². The average molecular weight is 614 g/mol. The van der Waals surface area contributed by atoms with E-state index in [1.54, 1.807) is 30.3 Å². The van der Waals surface area contributed by atoms with E-state index < -0.39 is 11.8 Å². The van der Waals surface area contributed by atoms with Crippen LogP contribution >= 0.6 is 0 Å². The Labute approximate surface area is 261 Å². The van der Waals surface area contributed by atoms with E-state index in [1.807, 2.05) is 25.1 Å². The van der Waals surface area contributed by atoms with E-state index in [-0.39, 0.29) is 29.8 Å². The van der Waals surface area contributed by atoms with E-state index in [4.69, 9.17) is 29.4 Å². The highest BCUT2D eigenvalue weighted by Crippen LogP contribution is 2.33. The number of hydrogen-bond donors (Lipinski definition) is 1. The number of nitriles is 1. The number of imidazole rings is 1. The number of pyridine rings is 1. The summed E-state index contributed by atoms with van der Waals surface area (Å²) in [5.41, 5.74) is 3.19. The molecule has 4 aromatic rings. The van der Waals surface area contributed by atoms with Crippen molar-refractivity contribution >= 4 is 17.0 Å². The minimum absolute atomic E-state index is 0.0263. The summed E-state index contributed by atoms with van der Waals surface area (Å²) in [5.74, 6) is 0.581. The van der Waals surface area contributed by atoms with E-state index in [0.29, 0.717) is 42.4 Å². The normalized spacial score (nSPS) is 17.1. The fourth-order valence-electron chi connectivity index (χ4n) is 5.85. The molecule has 0 saturated carbocycles. The molecule has 0 spiro atoms. The van der Waals surface area contributed by atoms with Gasteiger partial charge in [0, 0.05) is 29.8 Å². The summed E-state index contributed by atoms with van der Waals surface area (Å²) in [6.45, 7) is 6.17. The first-order valence-electron chi connectivity index (χ1n) is 15.4. The zero-order valence-corrected chi connectivity index (χ0v) is 25.2. The highest BCUT2D eigenvalue weighted by molar-refractivity contribution is 5.95. The number of carbonyl (C=O) groups is 1. The lowest BCUT2D eigenvalue weighted by Crippen LogP contribution is -2.35. The summed E-state index contributed by atoms with van der Waals surface area (Å²) in [7, 11) is 0. The number of ether oxygens (including phenoxy) is 3. The number of benzene rings is 2. The minimum Gasteiger partial charge on any atom is -0.491 e. The summed E-state index contributed by atoms with van der Waals surface area (Å²) in [6, 6.07) is 15.2. The third kappa shape index (κ3) is 6.92. The fraction of sp³-hybridized carbons (Fsp3) is 0.412. The summed E-state index contributed by atoms with van der Waals surface area (Å²) < 4.78 is 33.9. The molecule has 11 heteroatoms. The van der Waals surface area contributed by atoms with Crippen LogP contribution in [0.5, 0.6) is 11.6 Å². The van der Waals surface area contributed by atoms with Crippen molar-refractivity contribution in [1.82, 2.24) is 19.4 Å². The zero-order valence-electron chi connectivity index (χ0n) is 25.2. The molecular weight excluding hydrogens is 577 g/mol. The Morgan fingerprint density at radius 1 is 1.13 bits per heavy atom. The Bertz CT molecular complexity index is 1720. The van der Waals surface area contributed by atoms with Gasteiger partial charge in [0.1, 0.15) is 29.5 Å². The van der Waals surface area contributed by atoms with Crippen molar-refractivity contribution in [2.24, 2.45) is 0 Å². The van der Waals surface area contributed by atoms with Gasteiger partial charge >= 0.3 is 5.97 Å². The first-order chi connectivity index (χ1) is 21.9. The van der Waals surface area contributed by atoms with E-state index in [9.17, 15) is 14.3 Å². The molecule has 1 unspecified atom stereocenters. The van der Waals surface area contributed by atoms with Gasteiger partial charge in [0.2, 0.25) is 5.88 Å². The molecule has 1 N–H and O–H groups in total. The van der Waals surface area contributed by atoms with Crippen molar-refractivity contribution in [3.05, 3.63) is 82.6 Å². The van der Waals surface area contributed by atoms with Crippen LogP contribution in [0.4, 0.5) is 4.39 Å². The van der Waals surface area contributed by atoms with Crippen LogP contribution < -0.4 is 9.47 Å². The van der Waals surface area contributed by atoms with Crippen LogP contribution in [0.3, 0.4) is 0 Å². The van der Waals surface area contributed by atoms with Gasteiger partial charge in [0.15, 0.2) is 0 Å². The first kappa shape index (κ1) is 30.5. The van der Waals surface area contributed by atoms with Crippen LogP contribution in [-0.2, 0) is 24.4 Å². The van der Waals surface area contributed by atoms with Crippen molar-refractivity contribution in [2.45, 2.75) is 64.3 Å². The van der Waals surface area contributed by atoms with Gasteiger partial charge in [-0.2, -0.15) is 5.26 Å². The molecule has 0 radical (unpaired) electrons. The molecule has 2 aliphatic rings. The lowest BCUT2D eigenvalue weighted by molar-refractivity contribution is -0.0592. The number of carboxylic acid groups (broad SMARTS) is 1. The highest BCUT2D eigenvalue weighted by Gasteiger charge is 2.27. The highest BCUT2D eigenvalue weighted by atomic mass is 19.1. The zero-order chi connectivity index (χ0) is 31.3. The van der Waals surface area contributed by atoms with E-state index in [1.165, 1.54) is 6.07 Å². The van der Waals surface area contributed by atoms with E-state index in [2.05, 4.69) is 9.47 Å². The summed E-state index contributed by atoms with van der Waals surface area (Å²) >= 11 is 0. The second-order valence-corrected chi connectivity index (χ2v) is 11.6. The number of nitrogens with zero attached hydrogens (tertiary/aromatic N) is 5. The molecule has 45 heavy (non-hydrogen) atoms.